The van der Waals surface area contributed by atoms with Crippen LogP contribution in [0.2, 0.25) is 0 Å². The molecule has 0 saturated carbocycles. The molecule has 0 aliphatic heterocycles. The highest BCUT2D eigenvalue weighted by Gasteiger charge is 2.15. The summed E-state index contributed by atoms with van der Waals surface area (Å²) in [6.07, 6.45) is 0. The maximum atomic E-state index is 12.7. The summed E-state index contributed by atoms with van der Waals surface area (Å²) < 4.78 is 1.70. The van der Waals surface area contributed by atoms with E-state index in [1.807, 2.05) is 66.2 Å². The van der Waals surface area contributed by atoms with Gasteiger partial charge in [0.2, 0.25) is 5.91 Å². The molecule has 0 aliphatic rings. The van der Waals surface area contributed by atoms with Crippen molar-refractivity contribution in [1.29, 1.82) is 0 Å². The van der Waals surface area contributed by atoms with Gasteiger partial charge in [-0.1, -0.05) is 36.0 Å². The van der Waals surface area contributed by atoms with E-state index in [4.69, 9.17) is 0 Å². The smallest absolute Gasteiger partial charge is 0.260 e. The van der Waals surface area contributed by atoms with Crippen LogP contribution in [0.4, 0.5) is 5.82 Å². The van der Waals surface area contributed by atoms with Crippen molar-refractivity contribution in [2.24, 2.45) is 0 Å². The predicted molar refractivity (Wildman–Crippen MR) is 131 cm³/mol. The predicted octanol–water partition coefficient (Wildman–Crippen LogP) is 4.94. The van der Waals surface area contributed by atoms with E-state index >= 15 is 0 Å². The Hall–Kier alpha value is -3.21. The number of aromatic nitrogens is 4. The number of rotatable bonds is 6. The average molecular weight is 480 g/mol. The Bertz CT molecular complexity index is 1450. The molecule has 160 valence electrons. The van der Waals surface area contributed by atoms with E-state index in [2.05, 4.69) is 20.4 Å². The maximum Gasteiger partial charge on any atom is 0.260 e. The number of fused-ring (bicyclic) bond motifs is 1. The Morgan fingerprint density at radius 1 is 1.19 bits per heavy atom. The van der Waals surface area contributed by atoms with Crippen molar-refractivity contribution in [3.63, 3.8) is 0 Å². The quantitative estimate of drug-likeness (QED) is 0.266. The minimum atomic E-state index is -0.208. The molecule has 0 aliphatic carbocycles. The topological polar surface area (TPSA) is 92.7 Å². The van der Waals surface area contributed by atoms with Crippen LogP contribution in [0, 0.1) is 6.92 Å². The summed E-state index contributed by atoms with van der Waals surface area (Å²) in [5.41, 5.74) is 2.36. The number of nitrogens with zero attached hydrogens (tertiary/aromatic N) is 3. The van der Waals surface area contributed by atoms with E-state index in [1.165, 1.54) is 23.1 Å². The second kappa shape index (κ2) is 8.73. The van der Waals surface area contributed by atoms with Crippen molar-refractivity contribution in [3.8, 4) is 16.1 Å². The number of thioether (sulfide) groups is 1. The molecule has 0 atom stereocenters. The lowest BCUT2D eigenvalue weighted by molar-refractivity contribution is -0.113. The van der Waals surface area contributed by atoms with Crippen LogP contribution >= 0.6 is 34.4 Å². The van der Waals surface area contributed by atoms with Crippen LogP contribution in [0.25, 0.3) is 26.3 Å². The van der Waals surface area contributed by atoms with Gasteiger partial charge in [-0.3, -0.25) is 9.59 Å². The van der Waals surface area contributed by atoms with Crippen molar-refractivity contribution >= 4 is 56.4 Å². The first-order valence-electron chi connectivity index (χ1n) is 9.68. The molecule has 0 saturated heterocycles. The zero-order chi connectivity index (χ0) is 22.1. The molecule has 0 radical (unpaired) electrons. The molecule has 1 aromatic carbocycles. The number of H-pyrrole nitrogens is 1. The summed E-state index contributed by atoms with van der Waals surface area (Å²) in [6.45, 7) is 1.87. The number of anilines is 1. The highest BCUT2D eigenvalue weighted by atomic mass is 32.2. The van der Waals surface area contributed by atoms with Crippen molar-refractivity contribution < 1.29 is 4.79 Å². The highest BCUT2D eigenvalue weighted by Crippen LogP contribution is 2.34. The monoisotopic (exact) mass is 479 g/mol. The minimum absolute atomic E-state index is 0.108. The third kappa shape index (κ3) is 4.12. The van der Waals surface area contributed by atoms with E-state index in [1.54, 1.807) is 16.0 Å². The first kappa shape index (κ1) is 20.7. The molecule has 4 heterocycles. The van der Waals surface area contributed by atoms with E-state index in [0.29, 0.717) is 21.2 Å². The van der Waals surface area contributed by atoms with Gasteiger partial charge >= 0.3 is 0 Å². The van der Waals surface area contributed by atoms with Crippen LogP contribution in [0.15, 0.2) is 69.2 Å². The van der Waals surface area contributed by atoms with Crippen molar-refractivity contribution in [1.82, 2.24) is 19.7 Å². The lowest BCUT2D eigenvalue weighted by atomic mass is 10.2. The van der Waals surface area contributed by atoms with Gasteiger partial charge in [0.05, 0.1) is 22.5 Å². The molecule has 5 rings (SSSR count). The summed E-state index contributed by atoms with van der Waals surface area (Å²) in [6, 6.07) is 15.4. The molecule has 7 nitrogen and oxygen atoms in total. The summed E-state index contributed by atoms with van der Waals surface area (Å²) >= 11 is 4.21. The zero-order valence-electron chi connectivity index (χ0n) is 16.9. The Labute approximate surface area is 195 Å². The Kier molecular flexibility index (Phi) is 5.64. The van der Waals surface area contributed by atoms with Gasteiger partial charge in [-0.05, 0) is 30.5 Å². The molecule has 0 fully saturated rings. The van der Waals surface area contributed by atoms with Crippen LogP contribution in [0.1, 0.15) is 5.69 Å². The van der Waals surface area contributed by atoms with Crippen LogP contribution in [0.3, 0.4) is 0 Å². The molecule has 2 N–H and O–H groups in total. The molecule has 0 spiro atoms. The zero-order valence-corrected chi connectivity index (χ0v) is 19.3. The average Bonchev–Trinajstić information content (AvgIpc) is 3.52. The third-order valence-electron chi connectivity index (χ3n) is 4.65. The summed E-state index contributed by atoms with van der Waals surface area (Å²) in [5, 5.41) is 12.3. The first-order valence-corrected chi connectivity index (χ1v) is 12.4. The van der Waals surface area contributed by atoms with Gasteiger partial charge in [0.25, 0.3) is 5.56 Å². The fourth-order valence-corrected chi connectivity index (χ4v) is 5.76. The lowest BCUT2D eigenvalue weighted by Gasteiger charge is -2.08. The van der Waals surface area contributed by atoms with Crippen LogP contribution < -0.4 is 10.9 Å². The van der Waals surface area contributed by atoms with Crippen LogP contribution in [-0.4, -0.2) is 31.4 Å². The minimum Gasteiger partial charge on any atom is -0.310 e. The summed E-state index contributed by atoms with van der Waals surface area (Å²) in [4.78, 5) is 34.4. The van der Waals surface area contributed by atoms with Gasteiger partial charge < -0.3 is 10.3 Å². The van der Waals surface area contributed by atoms with Gasteiger partial charge in [-0.25, -0.2) is 9.67 Å². The number of hydrogen-bond donors (Lipinski definition) is 2. The third-order valence-corrected chi connectivity index (χ3v) is 7.30. The van der Waals surface area contributed by atoms with Crippen LogP contribution in [-0.2, 0) is 4.79 Å². The second-order valence-corrected chi connectivity index (χ2v) is 9.70. The number of carbonyl (C=O) groups is 1. The van der Waals surface area contributed by atoms with Gasteiger partial charge in [0.15, 0.2) is 5.16 Å². The molecule has 10 heteroatoms. The molecule has 1 amide bonds. The van der Waals surface area contributed by atoms with E-state index < -0.39 is 0 Å². The van der Waals surface area contributed by atoms with Gasteiger partial charge in [0.1, 0.15) is 10.6 Å². The fraction of sp³-hybridized carbons (Fsp3) is 0.0909. The Morgan fingerprint density at radius 2 is 2.03 bits per heavy atom. The number of amides is 1. The number of aromatic amines is 1. The summed E-state index contributed by atoms with van der Waals surface area (Å²) in [5.74, 6) is 0.492. The van der Waals surface area contributed by atoms with Crippen molar-refractivity contribution in [2.75, 3.05) is 11.1 Å². The maximum absolute atomic E-state index is 12.7. The van der Waals surface area contributed by atoms with E-state index in [-0.39, 0.29) is 17.2 Å². The Morgan fingerprint density at radius 3 is 2.81 bits per heavy atom. The fourth-order valence-electron chi connectivity index (χ4n) is 3.28. The molecule has 32 heavy (non-hydrogen) atoms. The first-order chi connectivity index (χ1) is 15.6. The number of para-hydroxylation sites is 1. The normalized spacial score (nSPS) is 11.2. The standard InChI is InChI=1S/C22H17N5O2S3/c1-13-10-17(27(26-13)14-6-3-2-4-7-14)23-18(28)12-32-22-24-20(29)19-15(11-31-21(19)25-22)16-8-5-9-30-16/h2-11H,12H2,1H3,(H,23,28)(H,24,25,29). The summed E-state index contributed by atoms with van der Waals surface area (Å²) in [7, 11) is 0. The van der Waals surface area contributed by atoms with Gasteiger partial charge in [-0.2, -0.15) is 5.10 Å². The molecule has 0 bridgehead atoms. The van der Waals surface area contributed by atoms with Crippen molar-refractivity contribution in [3.05, 3.63) is 75.3 Å². The SMILES string of the molecule is Cc1cc(NC(=O)CSc2nc3scc(-c4cccs4)c3c(=O)[nH]2)n(-c2ccccc2)n1. The van der Waals surface area contributed by atoms with E-state index in [9.17, 15) is 9.59 Å². The number of benzene rings is 1. The molecular formula is C22H17N5O2S3. The van der Waals surface area contributed by atoms with Crippen LogP contribution in [0.5, 0.6) is 0 Å². The highest BCUT2D eigenvalue weighted by molar-refractivity contribution is 7.99. The van der Waals surface area contributed by atoms with Crippen molar-refractivity contribution in [2.45, 2.75) is 12.1 Å². The molecule has 0 unspecified atom stereocenters. The largest absolute Gasteiger partial charge is 0.310 e. The van der Waals surface area contributed by atoms with Gasteiger partial charge in [0, 0.05) is 21.9 Å². The number of carbonyl (C=O) groups excluding carboxylic acids is 1. The molecule has 5 aromatic rings. The molecular weight excluding hydrogens is 462 g/mol. The number of aryl methyl sites for hydroxylation is 1. The Balaban J connectivity index is 1.32. The second-order valence-electron chi connectivity index (χ2n) is 6.93. The lowest BCUT2D eigenvalue weighted by Crippen LogP contribution is -2.17. The van der Waals surface area contributed by atoms with E-state index in [0.717, 1.165) is 21.8 Å². The van der Waals surface area contributed by atoms with Gasteiger partial charge in [-0.15, -0.1) is 22.7 Å². The number of thiophene rings is 2. The molecule has 4 aromatic heterocycles. The number of nitrogens with one attached hydrogen (secondary N) is 2. The number of hydrogen-bond acceptors (Lipinski definition) is 7.